The van der Waals surface area contributed by atoms with Gasteiger partial charge < -0.3 is 14.2 Å². The smallest absolute Gasteiger partial charge is 0.232 e. The molecule has 0 aliphatic carbocycles. The van der Waals surface area contributed by atoms with Crippen molar-refractivity contribution in [3.63, 3.8) is 0 Å². The number of amides is 1. The average molecular weight is 391 g/mol. The Morgan fingerprint density at radius 2 is 1.86 bits per heavy atom. The highest BCUT2D eigenvalue weighted by molar-refractivity contribution is 5.79. The number of para-hydroxylation sites is 1. The van der Waals surface area contributed by atoms with Crippen LogP contribution in [0.25, 0.3) is 11.4 Å². The van der Waals surface area contributed by atoms with Crippen molar-refractivity contribution in [2.24, 2.45) is 0 Å². The zero-order valence-corrected chi connectivity index (χ0v) is 16.8. The molecule has 6 nitrogen and oxygen atoms in total. The van der Waals surface area contributed by atoms with E-state index in [1.54, 1.807) is 0 Å². The maximum Gasteiger partial charge on any atom is 0.232 e. The first-order valence-electron chi connectivity index (χ1n) is 10.1. The van der Waals surface area contributed by atoms with Crippen LogP contribution in [0.1, 0.15) is 43.2 Å². The molecule has 1 atom stereocenters. The standard InChI is InChI=1S/C23H25N3O3/c1-3-16-9-11-17(12-10-16)14-26-15-18(13-21(26)27)23-24-22(25-29-23)19-7-5-6-8-20(19)28-4-2/h5-12,18H,3-4,13-15H2,1-2H3. The van der Waals surface area contributed by atoms with Crippen LogP contribution in [0.4, 0.5) is 0 Å². The molecule has 3 aromatic rings. The largest absolute Gasteiger partial charge is 0.493 e. The van der Waals surface area contributed by atoms with E-state index >= 15 is 0 Å². The number of likely N-dealkylation sites (tertiary alicyclic amines) is 1. The summed E-state index contributed by atoms with van der Waals surface area (Å²) in [7, 11) is 0. The van der Waals surface area contributed by atoms with Gasteiger partial charge >= 0.3 is 0 Å². The van der Waals surface area contributed by atoms with Gasteiger partial charge in [-0.3, -0.25) is 4.79 Å². The summed E-state index contributed by atoms with van der Waals surface area (Å²) >= 11 is 0. The van der Waals surface area contributed by atoms with Crippen LogP contribution in [0, 0.1) is 0 Å². The third-order valence-electron chi connectivity index (χ3n) is 5.24. The van der Waals surface area contributed by atoms with Gasteiger partial charge in [0.1, 0.15) is 5.75 Å². The monoisotopic (exact) mass is 391 g/mol. The minimum atomic E-state index is -0.0853. The normalized spacial score (nSPS) is 16.4. The quantitative estimate of drug-likeness (QED) is 0.603. The van der Waals surface area contributed by atoms with E-state index in [1.165, 1.54) is 5.56 Å². The Bertz CT molecular complexity index is 981. The van der Waals surface area contributed by atoms with E-state index in [4.69, 9.17) is 9.26 Å². The third kappa shape index (κ3) is 4.16. The molecule has 6 heteroatoms. The molecule has 150 valence electrons. The van der Waals surface area contributed by atoms with Crippen molar-refractivity contribution >= 4 is 5.91 Å². The van der Waals surface area contributed by atoms with Gasteiger partial charge in [0.2, 0.25) is 17.6 Å². The summed E-state index contributed by atoms with van der Waals surface area (Å²) in [5.74, 6) is 1.75. The number of hydrogen-bond donors (Lipinski definition) is 0. The third-order valence-corrected chi connectivity index (χ3v) is 5.24. The Morgan fingerprint density at radius 3 is 2.62 bits per heavy atom. The lowest BCUT2D eigenvalue weighted by molar-refractivity contribution is -0.128. The van der Waals surface area contributed by atoms with Crippen LogP contribution in [0.2, 0.25) is 0 Å². The van der Waals surface area contributed by atoms with Crippen LogP contribution in [0.3, 0.4) is 0 Å². The molecule has 0 spiro atoms. The predicted molar refractivity (Wildman–Crippen MR) is 109 cm³/mol. The van der Waals surface area contributed by atoms with Gasteiger partial charge in [-0.15, -0.1) is 0 Å². The fraction of sp³-hybridized carbons (Fsp3) is 0.348. The van der Waals surface area contributed by atoms with Gasteiger partial charge in [0, 0.05) is 19.5 Å². The second-order valence-electron chi connectivity index (χ2n) is 7.23. The van der Waals surface area contributed by atoms with Crippen molar-refractivity contribution in [3.8, 4) is 17.1 Å². The van der Waals surface area contributed by atoms with Crippen molar-refractivity contribution in [1.29, 1.82) is 0 Å². The molecular formula is C23H25N3O3. The maximum atomic E-state index is 12.5. The second-order valence-corrected chi connectivity index (χ2v) is 7.23. The highest BCUT2D eigenvalue weighted by Crippen LogP contribution is 2.32. The molecule has 1 amide bonds. The van der Waals surface area contributed by atoms with Gasteiger partial charge in [-0.2, -0.15) is 4.98 Å². The highest BCUT2D eigenvalue weighted by Gasteiger charge is 2.34. The molecule has 1 saturated heterocycles. The first-order chi connectivity index (χ1) is 14.2. The SMILES string of the molecule is CCOc1ccccc1-c1noc(C2CC(=O)N(Cc3ccc(CC)cc3)C2)n1. The minimum Gasteiger partial charge on any atom is -0.493 e. The summed E-state index contributed by atoms with van der Waals surface area (Å²) in [6.07, 6.45) is 1.40. The van der Waals surface area contributed by atoms with Crippen LogP contribution in [0.15, 0.2) is 53.1 Å². The molecule has 1 aliphatic heterocycles. The first-order valence-corrected chi connectivity index (χ1v) is 10.1. The lowest BCUT2D eigenvalue weighted by Gasteiger charge is -2.16. The van der Waals surface area contributed by atoms with Gasteiger partial charge in [-0.05, 0) is 36.6 Å². The molecule has 2 heterocycles. The lowest BCUT2D eigenvalue weighted by atomic mass is 10.1. The zero-order valence-electron chi connectivity index (χ0n) is 16.8. The Hall–Kier alpha value is -3.15. The van der Waals surface area contributed by atoms with Gasteiger partial charge in [0.15, 0.2) is 0 Å². The summed E-state index contributed by atoms with van der Waals surface area (Å²) < 4.78 is 11.2. The Kier molecular flexibility index (Phi) is 5.60. The number of ether oxygens (including phenoxy) is 1. The molecule has 0 saturated carbocycles. The van der Waals surface area contributed by atoms with Crippen LogP contribution in [0.5, 0.6) is 5.75 Å². The van der Waals surface area contributed by atoms with E-state index in [1.807, 2.05) is 36.1 Å². The number of rotatable bonds is 7. The molecule has 1 unspecified atom stereocenters. The number of hydrogen-bond acceptors (Lipinski definition) is 5. The van der Waals surface area contributed by atoms with Crippen molar-refractivity contribution in [1.82, 2.24) is 15.0 Å². The number of carbonyl (C=O) groups is 1. The predicted octanol–water partition coefficient (Wildman–Crippen LogP) is 4.21. The topological polar surface area (TPSA) is 68.5 Å². The molecule has 29 heavy (non-hydrogen) atoms. The summed E-state index contributed by atoms with van der Waals surface area (Å²) in [5, 5.41) is 4.13. The number of benzene rings is 2. The Balaban J connectivity index is 1.47. The molecule has 2 aromatic carbocycles. The van der Waals surface area contributed by atoms with Gasteiger partial charge in [-0.25, -0.2) is 0 Å². The lowest BCUT2D eigenvalue weighted by Crippen LogP contribution is -2.24. The maximum absolute atomic E-state index is 12.5. The van der Waals surface area contributed by atoms with Crippen molar-refractivity contribution in [2.75, 3.05) is 13.2 Å². The Labute approximate surface area is 170 Å². The van der Waals surface area contributed by atoms with E-state index in [0.717, 1.165) is 23.3 Å². The molecule has 4 rings (SSSR count). The molecular weight excluding hydrogens is 366 g/mol. The number of carbonyl (C=O) groups excluding carboxylic acids is 1. The van der Waals surface area contributed by atoms with Crippen LogP contribution in [-0.4, -0.2) is 34.1 Å². The van der Waals surface area contributed by atoms with E-state index in [2.05, 4.69) is 41.3 Å². The first kappa shape index (κ1) is 19.2. The van der Waals surface area contributed by atoms with E-state index in [-0.39, 0.29) is 11.8 Å². The van der Waals surface area contributed by atoms with E-state index < -0.39 is 0 Å². The Morgan fingerprint density at radius 1 is 1.10 bits per heavy atom. The van der Waals surface area contributed by atoms with Crippen LogP contribution < -0.4 is 4.74 Å². The summed E-state index contributed by atoms with van der Waals surface area (Å²) in [4.78, 5) is 18.9. The summed E-state index contributed by atoms with van der Waals surface area (Å²) in [6.45, 7) is 5.83. The highest BCUT2D eigenvalue weighted by atomic mass is 16.5. The fourth-order valence-corrected chi connectivity index (χ4v) is 3.63. The van der Waals surface area contributed by atoms with E-state index in [0.29, 0.717) is 37.8 Å². The number of nitrogens with zero attached hydrogens (tertiary/aromatic N) is 3. The molecule has 0 N–H and O–H groups in total. The number of aromatic nitrogens is 2. The van der Waals surface area contributed by atoms with Gasteiger partial charge in [-0.1, -0.05) is 48.5 Å². The zero-order chi connectivity index (χ0) is 20.2. The van der Waals surface area contributed by atoms with Crippen molar-refractivity contribution < 1.29 is 14.1 Å². The minimum absolute atomic E-state index is 0.0853. The summed E-state index contributed by atoms with van der Waals surface area (Å²) in [6, 6.07) is 16.0. The average Bonchev–Trinajstić information content (AvgIpc) is 3.37. The van der Waals surface area contributed by atoms with Crippen LogP contribution in [-0.2, 0) is 17.8 Å². The molecule has 0 radical (unpaired) electrons. The van der Waals surface area contributed by atoms with E-state index in [9.17, 15) is 4.79 Å². The second kappa shape index (κ2) is 8.47. The fourth-order valence-electron chi connectivity index (χ4n) is 3.63. The van der Waals surface area contributed by atoms with Crippen molar-refractivity contribution in [3.05, 3.63) is 65.5 Å². The molecule has 1 aliphatic rings. The molecule has 1 aromatic heterocycles. The van der Waals surface area contributed by atoms with Crippen LogP contribution >= 0.6 is 0 Å². The van der Waals surface area contributed by atoms with Gasteiger partial charge in [0.25, 0.3) is 0 Å². The van der Waals surface area contributed by atoms with Gasteiger partial charge in [0.05, 0.1) is 18.1 Å². The molecule has 0 bridgehead atoms. The summed E-state index contributed by atoms with van der Waals surface area (Å²) in [5.41, 5.74) is 3.22. The van der Waals surface area contributed by atoms with Crippen molar-refractivity contribution in [2.45, 2.75) is 39.2 Å². The number of aryl methyl sites for hydroxylation is 1. The molecule has 1 fully saturated rings.